The van der Waals surface area contributed by atoms with Crippen LogP contribution < -0.4 is 0 Å². The molecule has 0 unspecified atom stereocenters. The molecule has 0 aliphatic heterocycles. The van der Waals surface area contributed by atoms with Gasteiger partial charge in [-0.2, -0.15) is 0 Å². The van der Waals surface area contributed by atoms with Crippen LogP contribution in [0.2, 0.25) is 0 Å². The molecule has 4 aliphatic carbocycles. The fourth-order valence-electron chi connectivity index (χ4n) is 14.9. The Kier molecular flexibility index (Phi) is 10.1. The number of fused-ring (bicyclic) bond motifs is 13. The highest BCUT2D eigenvalue weighted by molar-refractivity contribution is 6.04. The molecule has 4 heteroatoms. The van der Waals surface area contributed by atoms with Gasteiger partial charge in [0.25, 0.3) is 0 Å². The first-order valence-corrected chi connectivity index (χ1v) is 28.9. The van der Waals surface area contributed by atoms with E-state index in [9.17, 15) is 0 Å². The summed E-state index contributed by atoms with van der Waals surface area (Å²) in [7, 11) is 0. The normalized spacial score (nSPS) is 15.5. The van der Waals surface area contributed by atoms with Crippen LogP contribution in [0.4, 0.5) is 0 Å². The molecule has 0 bridgehead atoms. The third-order valence-electron chi connectivity index (χ3n) is 19.4. The van der Waals surface area contributed by atoms with Crippen molar-refractivity contribution in [2.45, 2.75) is 77.0 Å². The van der Waals surface area contributed by atoms with Gasteiger partial charge in [0.15, 0.2) is 11.6 Å². The molecule has 10 aromatic carbocycles. The molecule has 0 saturated carbocycles. The summed E-state index contributed by atoms with van der Waals surface area (Å²) in [5, 5.41) is 2.17. The molecule has 4 nitrogen and oxygen atoms in total. The van der Waals surface area contributed by atoms with Crippen molar-refractivity contribution in [3.05, 3.63) is 263 Å². The van der Waals surface area contributed by atoms with Gasteiger partial charge in [-0.05, 0) is 136 Å². The highest BCUT2D eigenvalue weighted by Crippen LogP contribution is 2.54. The molecule has 2 heterocycles. The van der Waals surface area contributed by atoms with Gasteiger partial charge in [-0.25, -0.2) is 19.9 Å². The van der Waals surface area contributed by atoms with Crippen LogP contribution in [0, 0.1) is 0 Å². The van der Waals surface area contributed by atoms with Crippen molar-refractivity contribution >= 4 is 10.8 Å². The molecule has 0 radical (unpaired) electrons. The summed E-state index contributed by atoms with van der Waals surface area (Å²) in [6, 6.07) is 80.6. The molecule has 0 fully saturated rings. The summed E-state index contributed by atoms with van der Waals surface area (Å²) in [6.07, 6.45) is 0. The molecule has 0 N–H and O–H groups in total. The number of aromatic nitrogens is 4. The largest absolute Gasteiger partial charge is 0.228 e. The second kappa shape index (κ2) is 17.1. The first-order chi connectivity index (χ1) is 39.6. The lowest BCUT2D eigenvalue weighted by molar-refractivity contribution is 0.660. The second-order valence-corrected chi connectivity index (χ2v) is 25.4. The van der Waals surface area contributed by atoms with E-state index in [1.54, 1.807) is 0 Å². The quantitative estimate of drug-likeness (QED) is 0.167. The van der Waals surface area contributed by atoms with Crippen LogP contribution in [0.25, 0.3) is 123 Å². The van der Waals surface area contributed by atoms with Gasteiger partial charge in [-0.1, -0.05) is 237 Å². The van der Waals surface area contributed by atoms with Crippen LogP contribution in [0.15, 0.2) is 218 Å². The fraction of sp³-hybridized carbons (Fsp3) is 0.154. The lowest BCUT2D eigenvalue weighted by atomic mass is 9.81. The topological polar surface area (TPSA) is 51.6 Å². The third-order valence-corrected chi connectivity index (χ3v) is 19.4. The molecular formula is C78H60N4. The highest BCUT2D eigenvalue weighted by Gasteiger charge is 2.39. The summed E-state index contributed by atoms with van der Waals surface area (Å²) in [4.78, 5) is 22.2. The van der Waals surface area contributed by atoms with Gasteiger partial charge in [-0.15, -0.1) is 0 Å². The van der Waals surface area contributed by atoms with Crippen LogP contribution in [-0.2, 0) is 21.7 Å². The minimum absolute atomic E-state index is 0.167. The monoisotopic (exact) mass is 1050 g/mol. The van der Waals surface area contributed by atoms with Crippen LogP contribution >= 0.6 is 0 Å². The Morgan fingerprint density at radius 2 is 0.463 bits per heavy atom. The van der Waals surface area contributed by atoms with E-state index in [-0.39, 0.29) is 21.7 Å². The van der Waals surface area contributed by atoms with E-state index < -0.39 is 0 Å². The Morgan fingerprint density at radius 3 is 0.793 bits per heavy atom. The summed E-state index contributed by atoms with van der Waals surface area (Å²) >= 11 is 0. The summed E-state index contributed by atoms with van der Waals surface area (Å²) in [6.45, 7) is 18.7. The van der Waals surface area contributed by atoms with Crippen molar-refractivity contribution in [2.75, 3.05) is 0 Å². The average molecular weight is 1050 g/mol. The van der Waals surface area contributed by atoms with E-state index >= 15 is 0 Å². The molecule has 0 spiro atoms. The van der Waals surface area contributed by atoms with E-state index in [1.807, 2.05) is 0 Å². The zero-order valence-electron chi connectivity index (χ0n) is 47.6. The minimum atomic E-state index is -0.179. The molecule has 0 amide bonds. The molecule has 12 aromatic rings. The van der Waals surface area contributed by atoms with Gasteiger partial charge >= 0.3 is 0 Å². The SMILES string of the molecule is CC1(C)c2ccccc2-c2ccc(-c3cc(-c4cccc5c(-c6cc(-c7ccc8c(c7)C(C)(C)c7ccccc7-8)nc(-c7ccc8c(c7)C(C)(C)c7ccccc7-8)n6)cccc45)nc(-c4ccc5c(c4)C(C)(C)c4ccccc4-5)n3)cc21. The lowest BCUT2D eigenvalue weighted by Gasteiger charge is -2.22. The standard InChI is InChI=1S/C78H60N4/c1-75(2)61-27-13-9-19-51(61)55-35-31-45(39-65(55)75)69-43-71(81-73(79-69)47-33-37-57-53-21-11-15-29-63(53)77(5,6)67(57)41-47)59-25-17-24-50-49(59)23-18-26-60(50)72-44-70(46-32-36-56-52-20-10-14-28-62(52)76(3,4)66(56)40-46)80-74(82-72)48-34-38-58-54-22-12-16-30-64(54)78(7,8)68(58)42-48/h9-44H,1-8H3. The van der Waals surface area contributed by atoms with Crippen molar-refractivity contribution < 1.29 is 0 Å². The van der Waals surface area contributed by atoms with Gasteiger partial charge in [-0.3, -0.25) is 0 Å². The maximum absolute atomic E-state index is 5.59. The van der Waals surface area contributed by atoms with Crippen LogP contribution in [-0.4, -0.2) is 19.9 Å². The van der Waals surface area contributed by atoms with E-state index in [0.717, 1.165) is 66.9 Å². The molecule has 0 atom stereocenters. The van der Waals surface area contributed by atoms with Crippen molar-refractivity contribution in [3.63, 3.8) is 0 Å². The van der Waals surface area contributed by atoms with Crippen molar-refractivity contribution in [1.29, 1.82) is 0 Å². The maximum Gasteiger partial charge on any atom is 0.160 e. The molecule has 82 heavy (non-hydrogen) atoms. The number of rotatable bonds is 6. The Morgan fingerprint density at radius 1 is 0.207 bits per heavy atom. The van der Waals surface area contributed by atoms with Crippen LogP contribution in [0.3, 0.4) is 0 Å². The Bertz CT molecular complexity index is 4210. The van der Waals surface area contributed by atoms with Gasteiger partial charge in [0.2, 0.25) is 0 Å². The van der Waals surface area contributed by atoms with Crippen LogP contribution in [0.5, 0.6) is 0 Å². The minimum Gasteiger partial charge on any atom is -0.228 e. The van der Waals surface area contributed by atoms with Crippen molar-refractivity contribution in [3.8, 4) is 112 Å². The van der Waals surface area contributed by atoms with E-state index in [2.05, 4.69) is 274 Å². The number of benzene rings is 10. The van der Waals surface area contributed by atoms with Crippen molar-refractivity contribution in [1.82, 2.24) is 19.9 Å². The smallest absolute Gasteiger partial charge is 0.160 e. The first kappa shape index (κ1) is 48.5. The summed E-state index contributed by atoms with van der Waals surface area (Å²) < 4.78 is 0. The van der Waals surface area contributed by atoms with E-state index in [0.29, 0.717) is 11.6 Å². The molecular weight excluding hydrogens is 993 g/mol. The summed E-state index contributed by atoms with van der Waals surface area (Å²) in [5.74, 6) is 1.40. The predicted molar refractivity (Wildman–Crippen MR) is 338 cm³/mol. The van der Waals surface area contributed by atoms with E-state index in [4.69, 9.17) is 19.9 Å². The van der Waals surface area contributed by atoms with Crippen molar-refractivity contribution in [2.24, 2.45) is 0 Å². The zero-order chi connectivity index (χ0) is 55.6. The zero-order valence-corrected chi connectivity index (χ0v) is 47.6. The van der Waals surface area contributed by atoms with E-state index in [1.165, 1.54) is 89.0 Å². The number of nitrogens with zero attached hydrogens (tertiary/aromatic N) is 4. The molecule has 4 aliphatic rings. The average Bonchev–Trinajstić information content (AvgIpc) is 3.68. The maximum atomic E-state index is 5.59. The number of hydrogen-bond donors (Lipinski definition) is 0. The second-order valence-electron chi connectivity index (χ2n) is 25.4. The van der Waals surface area contributed by atoms with Gasteiger partial charge in [0, 0.05) is 55.0 Å². The summed E-state index contributed by atoms with van der Waals surface area (Å²) in [5.41, 5.74) is 29.9. The molecule has 2 aromatic heterocycles. The van der Waals surface area contributed by atoms with Gasteiger partial charge in [0.05, 0.1) is 22.8 Å². The molecule has 392 valence electrons. The fourth-order valence-corrected chi connectivity index (χ4v) is 14.9. The van der Waals surface area contributed by atoms with Gasteiger partial charge in [0.1, 0.15) is 0 Å². The Balaban J connectivity index is 0.876. The first-order valence-electron chi connectivity index (χ1n) is 28.9. The van der Waals surface area contributed by atoms with Gasteiger partial charge < -0.3 is 0 Å². The Hall–Kier alpha value is -9.38. The molecule has 16 rings (SSSR count). The predicted octanol–water partition coefficient (Wildman–Crippen LogP) is 19.6. The lowest BCUT2D eigenvalue weighted by Crippen LogP contribution is -2.15. The van der Waals surface area contributed by atoms with Crippen LogP contribution in [0.1, 0.15) is 99.9 Å². The highest BCUT2D eigenvalue weighted by atomic mass is 14.9. The molecule has 0 saturated heterocycles. The Labute approximate surface area is 480 Å². The third kappa shape index (κ3) is 6.91. The number of hydrogen-bond acceptors (Lipinski definition) is 4.